The quantitative estimate of drug-likeness (QED) is 0.738. The number of amides is 1. The smallest absolute Gasteiger partial charge is 0.251 e. The molecule has 98 valence electrons. The topological polar surface area (TPSA) is 29.5 Å². The molecule has 3 heteroatoms. The van der Waals surface area contributed by atoms with Crippen LogP contribution < -0.4 is 0 Å². The standard InChI is InChI=1S/C14H25NO2/c1-11(17-2)14(16)15(13-8-9-13)10-12-6-4-3-5-7-12/h11-13H,3-10H2,1-2H3. The molecule has 2 saturated carbocycles. The van der Waals surface area contributed by atoms with Crippen LogP contribution in [0.25, 0.3) is 0 Å². The number of hydrogen-bond donors (Lipinski definition) is 0. The molecular formula is C14H25NO2. The Bertz CT molecular complexity index is 257. The van der Waals surface area contributed by atoms with Gasteiger partial charge in [0.1, 0.15) is 6.10 Å². The van der Waals surface area contributed by atoms with E-state index in [0.717, 1.165) is 12.5 Å². The predicted molar refractivity (Wildman–Crippen MR) is 67.8 cm³/mol. The third-order valence-corrected chi connectivity index (χ3v) is 4.15. The van der Waals surface area contributed by atoms with Gasteiger partial charge in [-0.05, 0) is 38.5 Å². The van der Waals surface area contributed by atoms with E-state index in [9.17, 15) is 4.79 Å². The lowest BCUT2D eigenvalue weighted by atomic mass is 9.89. The first-order valence-electron chi connectivity index (χ1n) is 7.05. The molecule has 0 spiro atoms. The minimum Gasteiger partial charge on any atom is -0.372 e. The number of rotatable bonds is 5. The zero-order valence-corrected chi connectivity index (χ0v) is 11.2. The van der Waals surface area contributed by atoms with Crippen molar-refractivity contribution in [2.45, 2.75) is 64.0 Å². The minimum atomic E-state index is -0.279. The van der Waals surface area contributed by atoms with E-state index in [1.165, 1.54) is 44.9 Å². The molecule has 1 amide bonds. The molecule has 17 heavy (non-hydrogen) atoms. The zero-order chi connectivity index (χ0) is 12.3. The highest BCUT2D eigenvalue weighted by Crippen LogP contribution is 2.31. The van der Waals surface area contributed by atoms with Gasteiger partial charge in [0.25, 0.3) is 5.91 Å². The first kappa shape index (κ1) is 12.9. The van der Waals surface area contributed by atoms with Crippen molar-refractivity contribution < 1.29 is 9.53 Å². The van der Waals surface area contributed by atoms with Crippen LogP contribution in [0.3, 0.4) is 0 Å². The first-order chi connectivity index (χ1) is 8.22. The normalized spacial score (nSPS) is 23.4. The van der Waals surface area contributed by atoms with Crippen LogP contribution in [0.1, 0.15) is 51.9 Å². The van der Waals surface area contributed by atoms with E-state index in [2.05, 4.69) is 4.90 Å². The number of nitrogens with zero attached hydrogens (tertiary/aromatic N) is 1. The molecule has 1 unspecified atom stereocenters. The number of carbonyl (C=O) groups is 1. The molecule has 2 fully saturated rings. The van der Waals surface area contributed by atoms with Crippen LogP contribution in [0.5, 0.6) is 0 Å². The predicted octanol–water partition coefficient (Wildman–Crippen LogP) is 2.59. The molecule has 0 heterocycles. The van der Waals surface area contributed by atoms with Crippen molar-refractivity contribution in [2.24, 2.45) is 5.92 Å². The molecule has 3 nitrogen and oxygen atoms in total. The van der Waals surface area contributed by atoms with Gasteiger partial charge >= 0.3 is 0 Å². The summed E-state index contributed by atoms with van der Waals surface area (Å²) in [5.41, 5.74) is 0. The number of methoxy groups -OCH3 is 1. The number of carbonyl (C=O) groups excluding carboxylic acids is 1. The second-order valence-electron chi connectivity index (χ2n) is 5.60. The first-order valence-corrected chi connectivity index (χ1v) is 7.05. The number of ether oxygens (including phenoxy) is 1. The molecule has 2 aliphatic rings. The van der Waals surface area contributed by atoms with Crippen LogP contribution in [-0.4, -0.2) is 36.6 Å². The van der Waals surface area contributed by atoms with Crippen molar-refractivity contribution in [3.05, 3.63) is 0 Å². The lowest BCUT2D eigenvalue weighted by molar-refractivity contribution is -0.142. The molecule has 2 rings (SSSR count). The molecule has 0 bridgehead atoms. The van der Waals surface area contributed by atoms with Crippen molar-refractivity contribution in [1.29, 1.82) is 0 Å². The van der Waals surface area contributed by atoms with Crippen molar-refractivity contribution in [3.63, 3.8) is 0 Å². The van der Waals surface area contributed by atoms with Crippen LogP contribution in [0.2, 0.25) is 0 Å². The van der Waals surface area contributed by atoms with Gasteiger partial charge in [-0.2, -0.15) is 0 Å². The van der Waals surface area contributed by atoms with Crippen LogP contribution in [0.15, 0.2) is 0 Å². The average molecular weight is 239 g/mol. The molecule has 0 saturated heterocycles. The minimum absolute atomic E-state index is 0.195. The molecule has 2 aliphatic carbocycles. The Morgan fingerprint density at radius 2 is 1.88 bits per heavy atom. The van der Waals surface area contributed by atoms with E-state index < -0.39 is 0 Å². The molecule has 0 aliphatic heterocycles. The van der Waals surface area contributed by atoms with E-state index in [1.807, 2.05) is 6.92 Å². The lowest BCUT2D eigenvalue weighted by Gasteiger charge is -2.31. The van der Waals surface area contributed by atoms with Crippen LogP contribution in [-0.2, 0) is 9.53 Å². The van der Waals surface area contributed by atoms with Gasteiger partial charge in [0.2, 0.25) is 0 Å². The molecule has 1 atom stereocenters. The largest absolute Gasteiger partial charge is 0.372 e. The summed E-state index contributed by atoms with van der Waals surface area (Å²) in [5.74, 6) is 0.929. The van der Waals surface area contributed by atoms with Gasteiger partial charge in [-0.25, -0.2) is 0 Å². The molecule has 0 aromatic heterocycles. The molecule has 0 aromatic carbocycles. The van der Waals surface area contributed by atoms with E-state index in [-0.39, 0.29) is 12.0 Å². The summed E-state index contributed by atoms with van der Waals surface area (Å²) < 4.78 is 5.17. The Kier molecular flexibility index (Phi) is 4.43. The zero-order valence-electron chi connectivity index (χ0n) is 11.2. The summed E-state index contributed by atoms with van der Waals surface area (Å²) in [6.07, 6.45) is 8.77. The van der Waals surface area contributed by atoms with E-state index in [0.29, 0.717) is 6.04 Å². The van der Waals surface area contributed by atoms with Gasteiger partial charge in [-0.1, -0.05) is 19.3 Å². The summed E-state index contributed by atoms with van der Waals surface area (Å²) in [6, 6.07) is 0.516. The SMILES string of the molecule is COC(C)C(=O)N(CC1CCCCC1)C1CC1. The van der Waals surface area contributed by atoms with E-state index >= 15 is 0 Å². The Morgan fingerprint density at radius 1 is 1.24 bits per heavy atom. The third kappa shape index (κ3) is 3.44. The van der Waals surface area contributed by atoms with Crippen LogP contribution in [0, 0.1) is 5.92 Å². The van der Waals surface area contributed by atoms with Gasteiger partial charge < -0.3 is 9.64 Å². The maximum Gasteiger partial charge on any atom is 0.251 e. The lowest BCUT2D eigenvalue weighted by Crippen LogP contribution is -2.43. The average Bonchev–Trinajstić information content (AvgIpc) is 3.19. The van der Waals surface area contributed by atoms with Crippen molar-refractivity contribution in [3.8, 4) is 0 Å². The maximum atomic E-state index is 12.2. The third-order valence-electron chi connectivity index (χ3n) is 4.15. The molecule has 0 N–H and O–H groups in total. The van der Waals surface area contributed by atoms with Gasteiger partial charge in [-0.3, -0.25) is 4.79 Å². The highest BCUT2D eigenvalue weighted by molar-refractivity contribution is 5.81. The van der Waals surface area contributed by atoms with Crippen LogP contribution in [0.4, 0.5) is 0 Å². The monoisotopic (exact) mass is 239 g/mol. The van der Waals surface area contributed by atoms with Crippen LogP contribution >= 0.6 is 0 Å². The highest BCUT2D eigenvalue weighted by Gasteiger charge is 2.35. The van der Waals surface area contributed by atoms with E-state index in [1.54, 1.807) is 7.11 Å². The van der Waals surface area contributed by atoms with Crippen molar-refractivity contribution in [1.82, 2.24) is 4.90 Å². The Balaban J connectivity index is 1.89. The van der Waals surface area contributed by atoms with Gasteiger partial charge in [-0.15, -0.1) is 0 Å². The Labute approximate surface area is 105 Å². The fourth-order valence-electron chi connectivity index (χ4n) is 2.79. The summed E-state index contributed by atoms with van der Waals surface area (Å²) in [6.45, 7) is 2.83. The fourth-order valence-corrected chi connectivity index (χ4v) is 2.79. The second-order valence-corrected chi connectivity index (χ2v) is 5.60. The van der Waals surface area contributed by atoms with Crippen molar-refractivity contribution >= 4 is 5.91 Å². The summed E-state index contributed by atoms with van der Waals surface area (Å²) >= 11 is 0. The molecule has 0 aromatic rings. The fraction of sp³-hybridized carbons (Fsp3) is 0.929. The summed E-state index contributed by atoms with van der Waals surface area (Å²) in [4.78, 5) is 14.3. The molecular weight excluding hydrogens is 214 g/mol. The summed E-state index contributed by atoms with van der Waals surface area (Å²) in [5, 5.41) is 0. The van der Waals surface area contributed by atoms with E-state index in [4.69, 9.17) is 4.74 Å². The van der Waals surface area contributed by atoms with Gasteiger partial charge in [0.05, 0.1) is 0 Å². The van der Waals surface area contributed by atoms with Gasteiger partial charge in [0.15, 0.2) is 0 Å². The molecule has 0 radical (unpaired) electrons. The van der Waals surface area contributed by atoms with Crippen molar-refractivity contribution in [2.75, 3.05) is 13.7 Å². The Hall–Kier alpha value is -0.570. The maximum absolute atomic E-state index is 12.2. The second kappa shape index (κ2) is 5.85. The summed E-state index contributed by atoms with van der Waals surface area (Å²) in [7, 11) is 1.62. The number of hydrogen-bond acceptors (Lipinski definition) is 2. The van der Waals surface area contributed by atoms with Gasteiger partial charge in [0, 0.05) is 19.7 Å². The highest BCUT2D eigenvalue weighted by atomic mass is 16.5. The Morgan fingerprint density at radius 3 is 2.41 bits per heavy atom.